The molecule has 9 nitrogen and oxygen atoms in total. The topological polar surface area (TPSA) is 58.4 Å². The average molecular weight is 543 g/mol. The third-order valence-corrected chi connectivity index (χ3v) is 8.20. The van der Waals surface area contributed by atoms with Crippen molar-refractivity contribution in [1.29, 1.82) is 0 Å². The number of fused-ring (bicyclic) bond motifs is 1. The summed E-state index contributed by atoms with van der Waals surface area (Å²) in [5.74, 6) is 1.80. The largest absolute Gasteiger partial charge is 0.495 e. The molecule has 0 atom stereocenters. The standard InChI is InChI=1S/C31H38N6O3/c1-39-29-13-7-5-11-27(29)34-19-15-32(16-20-34)23-36-25-9-3-4-10-26(25)37(31(36)38)24-33-17-21-35(22-18-33)28-12-6-8-14-30(28)40-2/h3-14H,15-24H2,1-2H3. The molecule has 0 saturated carbocycles. The van der Waals surface area contributed by atoms with Crippen molar-refractivity contribution in [3.63, 3.8) is 0 Å². The van der Waals surface area contributed by atoms with E-state index in [9.17, 15) is 4.79 Å². The molecular weight excluding hydrogens is 504 g/mol. The van der Waals surface area contributed by atoms with Crippen LogP contribution in [0.5, 0.6) is 11.5 Å². The highest BCUT2D eigenvalue weighted by molar-refractivity contribution is 5.76. The van der Waals surface area contributed by atoms with Gasteiger partial charge in [0.25, 0.3) is 0 Å². The van der Waals surface area contributed by atoms with Crippen molar-refractivity contribution < 1.29 is 9.47 Å². The van der Waals surface area contributed by atoms with Crippen LogP contribution in [0.1, 0.15) is 0 Å². The number of anilines is 2. The van der Waals surface area contributed by atoms with Gasteiger partial charge in [0.15, 0.2) is 0 Å². The van der Waals surface area contributed by atoms with Crippen molar-refractivity contribution in [2.45, 2.75) is 13.3 Å². The molecule has 3 aromatic carbocycles. The number of methoxy groups -OCH3 is 2. The smallest absolute Gasteiger partial charge is 0.331 e. The molecule has 1 aromatic heterocycles. The Balaban J connectivity index is 1.14. The van der Waals surface area contributed by atoms with Crippen molar-refractivity contribution in [2.75, 3.05) is 76.4 Å². The Morgan fingerprint density at radius 1 is 0.550 bits per heavy atom. The van der Waals surface area contributed by atoms with Crippen LogP contribution in [0.25, 0.3) is 11.0 Å². The molecule has 0 unspecified atom stereocenters. The number of hydrogen-bond donors (Lipinski definition) is 0. The number of aromatic nitrogens is 2. The summed E-state index contributed by atoms with van der Waals surface area (Å²) in [7, 11) is 3.44. The summed E-state index contributed by atoms with van der Waals surface area (Å²) in [6.45, 7) is 8.29. The van der Waals surface area contributed by atoms with Gasteiger partial charge >= 0.3 is 5.69 Å². The SMILES string of the molecule is COc1ccccc1N1CCN(Cn2c(=O)n(CN3CCN(c4ccccc4OC)CC3)c3ccccc32)CC1. The van der Waals surface area contributed by atoms with Gasteiger partial charge in [0.2, 0.25) is 0 Å². The quantitative estimate of drug-likeness (QED) is 0.338. The first kappa shape index (κ1) is 26.3. The van der Waals surface area contributed by atoms with E-state index in [1.807, 2.05) is 45.5 Å². The molecular formula is C31H38N6O3. The molecule has 2 aliphatic heterocycles. The van der Waals surface area contributed by atoms with Crippen LogP contribution in [0.15, 0.2) is 77.6 Å². The Hall–Kier alpha value is -3.95. The molecule has 0 spiro atoms. The molecule has 40 heavy (non-hydrogen) atoms. The van der Waals surface area contributed by atoms with E-state index >= 15 is 0 Å². The molecule has 4 aromatic rings. The van der Waals surface area contributed by atoms with Crippen molar-refractivity contribution >= 4 is 22.4 Å². The van der Waals surface area contributed by atoms with E-state index in [-0.39, 0.29) is 5.69 Å². The minimum atomic E-state index is 0.0560. The Kier molecular flexibility index (Phi) is 7.66. The fourth-order valence-corrected chi connectivity index (χ4v) is 5.99. The van der Waals surface area contributed by atoms with E-state index in [4.69, 9.17) is 9.47 Å². The summed E-state index contributed by atoms with van der Waals surface area (Å²) in [6.07, 6.45) is 0. The zero-order valence-corrected chi connectivity index (χ0v) is 23.4. The number of ether oxygens (including phenoxy) is 2. The molecule has 0 aliphatic carbocycles. The zero-order valence-electron chi connectivity index (χ0n) is 23.4. The fourth-order valence-electron chi connectivity index (χ4n) is 5.99. The Morgan fingerprint density at radius 3 is 1.32 bits per heavy atom. The van der Waals surface area contributed by atoms with E-state index in [1.165, 1.54) is 0 Å². The van der Waals surface area contributed by atoms with Crippen LogP contribution in [-0.4, -0.2) is 85.5 Å². The van der Waals surface area contributed by atoms with E-state index in [2.05, 4.69) is 56.0 Å². The molecule has 0 amide bonds. The Morgan fingerprint density at radius 2 is 0.925 bits per heavy atom. The van der Waals surface area contributed by atoms with Crippen molar-refractivity contribution in [3.8, 4) is 11.5 Å². The first-order valence-corrected chi connectivity index (χ1v) is 14.0. The molecule has 0 bridgehead atoms. The van der Waals surface area contributed by atoms with Crippen molar-refractivity contribution in [1.82, 2.24) is 18.9 Å². The molecule has 210 valence electrons. The van der Waals surface area contributed by atoms with Crippen LogP contribution in [0.3, 0.4) is 0 Å². The fraction of sp³-hybridized carbons (Fsp3) is 0.387. The number of piperazine rings is 2. The molecule has 2 fully saturated rings. The van der Waals surface area contributed by atoms with E-state index < -0.39 is 0 Å². The van der Waals surface area contributed by atoms with Crippen molar-refractivity contribution in [3.05, 3.63) is 83.3 Å². The van der Waals surface area contributed by atoms with Crippen LogP contribution >= 0.6 is 0 Å². The molecule has 0 N–H and O–H groups in total. The number of hydrogen-bond acceptors (Lipinski definition) is 7. The van der Waals surface area contributed by atoms with Gasteiger partial charge in [-0.3, -0.25) is 18.9 Å². The summed E-state index contributed by atoms with van der Waals surface area (Å²) < 4.78 is 15.0. The van der Waals surface area contributed by atoms with Gasteiger partial charge in [-0.1, -0.05) is 36.4 Å². The van der Waals surface area contributed by atoms with E-state index in [0.717, 1.165) is 86.3 Å². The third kappa shape index (κ3) is 5.14. The van der Waals surface area contributed by atoms with Gasteiger partial charge < -0.3 is 19.3 Å². The van der Waals surface area contributed by atoms with Gasteiger partial charge in [-0.05, 0) is 36.4 Å². The minimum Gasteiger partial charge on any atom is -0.495 e. The summed E-state index contributed by atoms with van der Waals surface area (Å²) in [6, 6.07) is 24.5. The van der Waals surface area contributed by atoms with Crippen LogP contribution in [-0.2, 0) is 13.3 Å². The maximum Gasteiger partial charge on any atom is 0.331 e. The number of rotatable bonds is 8. The number of para-hydroxylation sites is 6. The highest BCUT2D eigenvalue weighted by atomic mass is 16.5. The van der Waals surface area contributed by atoms with Crippen molar-refractivity contribution in [2.24, 2.45) is 0 Å². The highest BCUT2D eigenvalue weighted by Crippen LogP contribution is 2.29. The van der Waals surface area contributed by atoms with Crippen LogP contribution < -0.4 is 25.0 Å². The zero-order chi connectivity index (χ0) is 27.5. The summed E-state index contributed by atoms with van der Waals surface area (Å²) in [4.78, 5) is 23.3. The third-order valence-electron chi connectivity index (χ3n) is 8.20. The number of imidazole rings is 1. The Labute approximate surface area is 235 Å². The highest BCUT2D eigenvalue weighted by Gasteiger charge is 2.24. The summed E-state index contributed by atoms with van der Waals surface area (Å²) in [5.41, 5.74) is 4.30. The second-order valence-corrected chi connectivity index (χ2v) is 10.5. The van der Waals surface area contributed by atoms with Crippen LogP contribution in [0.4, 0.5) is 11.4 Å². The van der Waals surface area contributed by atoms with Gasteiger partial charge in [0.05, 0.1) is 50.0 Å². The van der Waals surface area contributed by atoms with Gasteiger partial charge in [-0.15, -0.1) is 0 Å². The van der Waals surface area contributed by atoms with Crippen LogP contribution in [0, 0.1) is 0 Å². The molecule has 0 radical (unpaired) electrons. The lowest BCUT2D eigenvalue weighted by Crippen LogP contribution is -2.49. The van der Waals surface area contributed by atoms with Gasteiger partial charge in [-0.25, -0.2) is 4.79 Å². The monoisotopic (exact) mass is 542 g/mol. The maximum absolute atomic E-state index is 13.8. The lowest BCUT2D eigenvalue weighted by Gasteiger charge is -2.36. The first-order chi connectivity index (χ1) is 19.7. The normalized spacial score (nSPS) is 16.9. The van der Waals surface area contributed by atoms with E-state index in [0.29, 0.717) is 13.3 Å². The molecule has 2 aliphatic rings. The van der Waals surface area contributed by atoms with Gasteiger partial charge in [0, 0.05) is 52.4 Å². The summed E-state index contributed by atoms with van der Waals surface area (Å²) in [5, 5.41) is 0. The van der Waals surface area contributed by atoms with E-state index in [1.54, 1.807) is 14.2 Å². The number of nitrogens with zero attached hydrogens (tertiary/aromatic N) is 6. The molecule has 2 saturated heterocycles. The average Bonchev–Trinajstić information content (AvgIpc) is 3.27. The molecule has 3 heterocycles. The summed E-state index contributed by atoms with van der Waals surface area (Å²) >= 11 is 0. The first-order valence-electron chi connectivity index (χ1n) is 14.0. The Bertz CT molecular complexity index is 1390. The molecule has 9 heteroatoms. The minimum absolute atomic E-state index is 0.0560. The maximum atomic E-state index is 13.8. The second kappa shape index (κ2) is 11.7. The van der Waals surface area contributed by atoms with Gasteiger partial charge in [-0.2, -0.15) is 0 Å². The van der Waals surface area contributed by atoms with Gasteiger partial charge in [0.1, 0.15) is 11.5 Å². The number of benzene rings is 3. The second-order valence-electron chi connectivity index (χ2n) is 10.5. The molecule has 6 rings (SSSR count). The van der Waals surface area contributed by atoms with Crippen LogP contribution in [0.2, 0.25) is 0 Å². The lowest BCUT2D eigenvalue weighted by atomic mass is 10.2. The predicted octanol–water partition coefficient (Wildman–Crippen LogP) is 3.38. The predicted molar refractivity (Wildman–Crippen MR) is 160 cm³/mol. The lowest BCUT2D eigenvalue weighted by molar-refractivity contribution is 0.193.